The number of hydrogen-bond acceptors (Lipinski definition) is 4. The fourth-order valence-corrected chi connectivity index (χ4v) is 2.79. The Hall–Kier alpha value is -1.38. The zero-order chi connectivity index (χ0) is 15.0. The molecule has 116 valence electrons. The molecule has 0 aliphatic carbocycles. The number of alkyl halides is 3. The Labute approximate surface area is 119 Å². The monoisotopic (exact) mass is 303 g/mol. The normalized spacial score (nSPS) is 27.4. The molecule has 0 spiro atoms. The zero-order valence-electron chi connectivity index (χ0n) is 11.2. The van der Waals surface area contributed by atoms with E-state index in [1.807, 2.05) is 4.98 Å². The van der Waals surface area contributed by atoms with E-state index in [4.69, 9.17) is 4.74 Å². The van der Waals surface area contributed by atoms with Crippen molar-refractivity contribution >= 4 is 0 Å². The van der Waals surface area contributed by atoms with Crippen LogP contribution in [0.5, 0.6) is 0 Å². The van der Waals surface area contributed by atoms with E-state index in [2.05, 4.69) is 10.2 Å². The lowest BCUT2D eigenvalue weighted by molar-refractivity contribution is -0.141. The molecule has 0 amide bonds. The molecule has 1 aromatic rings. The smallest absolute Gasteiger partial charge is 0.370 e. The van der Waals surface area contributed by atoms with Crippen LogP contribution < -0.4 is 10.9 Å². The molecule has 0 saturated carbocycles. The third-order valence-corrected chi connectivity index (χ3v) is 3.95. The third-order valence-electron chi connectivity index (χ3n) is 3.95. The van der Waals surface area contributed by atoms with E-state index in [1.165, 1.54) is 6.07 Å². The molecule has 2 saturated heterocycles. The molecule has 2 aliphatic rings. The van der Waals surface area contributed by atoms with Gasteiger partial charge in [0.15, 0.2) is 0 Å². The minimum atomic E-state index is -4.55. The van der Waals surface area contributed by atoms with Crippen LogP contribution in [0.3, 0.4) is 0 Å². The molecule has 5 nitrogen and oxygen atoms in total. The van der Waals surface area contributed by atoms with Gasteiger partial charge >= 0.3 is 6.18 Å². The molecule has 0 bridgehead atoms. The van der Waals surface area contributed by atoms with E-state index in [-0.39, 0.29) is 11.6 Å². The predicted molar refractivity (Wildman–Crippen MR) is 69.0 cm³/mol. The van der Waals surface area contributed by atoms with Crippen molar-refractivity contribution in [1.82, 2.24) is 15.2 Å². The van der Waals surface area contributed by atoms with Gasteiger partial charge in [-0.15, -0.1) is 0 Å². The quantitative estimate of drug-likeness (QED) is 0.803. The molecule has 3 heterocycles. The summed E-state index contributed by atoms with van der Waals surface area (Å²) in [5.74, 6) is 0. The van der Waals surface area contributed by atoms with Gasteiger partial charge in [0.05, 0.1) is 6.61 Å². The summed E-state index contributed by atoms with van der Waals surface area (Å²) >= 11 is 0. The first-order chi connectivity index (χ1) is 9.95. The Morgan fingerprint density at radius 3 is 2.86 bits per heavy atom. The number of ether oxygens (including phenoxy) is 1. The first-order valence-corrected chi connectivity index (χ1v) is 6.82. The molecule has 1 aromatic heterocycles. The number of fused-ring (bicyclic) bond motifs is 1. The van der Waals surface area contributed by atoms with Crippen molar-refractivity contribution in [1.29, 1.82) is 0 Å². The van der Waals surface area contributed by atoms with Crippen LogP contribution in [0, 0.1) is 0 Å². The van der Waals surface area contributed by atoms with Crippen LogP contribution in [0.25, 0.3) is 0 Å². The maximum atomic E-state index is 12.5. The summed E-state index contributed by atoms with van der Waals surface area (Å²) in [6.45, 7) is 3.55. The number of hydrogen-bond donors (Lipinski definition) is 2. The van der Waals surface area contributed by atoms with Crippen molar-refractivity contribution in [2.24, 2.45) is 0 Å². The molecule has 2 atom stereocenters. The molecule has 3 rings (SSSR count). The summed E-state index contributed by atoms with van der Waals surface area (Å²) in [7, 11) is 0. The molecule has 0 radical (unpaired) electrons. The Balaban J connectivity index is 1.80. The lowest BCUT2D eigenvalue weighted by Crippen LogP contribution is -2.57. The molecule has 2 N–H and O–H groups in total. The average molecular weight is 303 g/mol. The molecular formula is C13H16F3N3O2. The maximum Gasteiger partial charge on any atom is 0.431 e. The van der Waals surface area contributed by atoms with Crippen LogP contribution in [-0.4, -0.2) is 48.7 Å². The first-order valence-electron chi connectivity index (χ1n) is 6.82. The lowest BCUT2D eigenvalue weighted by atomic mass is 10.1. The van der Waals surface area contributed by atoms with Crippen LogP contribution in [0.15, 0.2) is 16.9 Å². The first kappa shape index (κ1) is 14.6. The molecule has 8 heteroatoms. The Kier molecular flexibility index (Phi) is 3.76. The fraction of sp³-hybridized carbons (Fsp3) is 0.615. The number of H-pyrrole nitrogens is 1. The van der Waals surface area contributed by atoms with E-state index in [9.17, 15) is 18.0 Å². The highest BCUT2D eigenvalue weighted by Crippen LogP contribution is 2.28. The topological polar surface area (TPSA) is 57.4 Å². The SMILES string of the molecule is O=c1[nH]c(C(F)(F)F)ccc1[C@@H]1CN2CCNC[C@H]2CO1. The number of morpholine rings is 1. The summed E-state index contributed by atoms with van der Waals surface area (Å²) in [4.78, 5) is 16.0. The third kappa shape index (κ3) is 2.97. The van der Waals surface area contributed by atoms with Crippen molar-refractivity contribution in [3.05, 3.63) is 33.7 Å². The van der Waals surface area contributed by atoms with Gasteiger partial charge in [0.1, 0.15) is 11.8 Å². The summed E-state index contributed by atoms with van der Waals surface area (Å²) in [5, 5.41) is 3.26. The van der Waals surface area contributed by atoms with Crippen molar-refractivity contribution in [2.45, 2.75) is 18.3 Å². The molecule has 21 heavy (non-hydrogen) atoms. The standard InChI is InChI=1S/C13H16F3N3O2/c14-13(15,16)11-2-1-9(12(20)18-11)10-6-19-4-3-17-5-8(19)7-21-10/h1-2,8,10,17H,3-7H2,(H,18,20)/t8-,10-/m0/s1. The largest absolute Gasteiger partial charge is 0.431 e. The highest BCUT2D eigenvalue weighted by atomic mass is 19.4. The van der Waals surface area contributed by atoms with E-state index in [1.54, 1.807) is 0 Å². The van der Waals surface area contributed by atoms with Gasteiger partial charge in [0, 0.05) is 37.8 Å². The van der Waals surface area contributed by atoms with E-state index < -0.39 is 23.5 Å². The van der Waals surface area contributed by atoms with Gasteiger partial charge in [-0.2, -0.15) is 13.2 Å². The number of aromatic nitrogens is 1. The van der Waals surface area contributed by atoms with E-state index >= 15 is 0 Å². The highest BCUT2D eigenvalue weighted by Gasteiger charge is 2.35. The Morgan fingerprint density at radius 2 is 2.14 bits per heavy atom. The number of pyridine rings is 1. The van der Waals surface area contributed by atoms with Gasteiger partial charge < -0.3 is 15.0 Å². The summed E-state index contributed by atoms with van der Waals surface area (Å²) in [6.07, 6.45) is -5.03. The number of halogens is 3. The molecule has 2 fully saturated rings. The van der Waals surface area contributed by atoms with Crippen LogP contribution >= 0.6 is 0 Å². The number of aromatic amines is 1. The molecule has 0 unspecified atom stereocenters. The van der Waals surface area contributed by atoms with Gasteiger partial charge in [-0.05, 0) is 12.1 Å². The minimum Gasteiger partial charge on any atom is -0.370 e. The molecular weight excluding hydrogens is 287 g/mol. The summed E-state index contributed by atoms with van der Waals surface area (Å²) < 4.78 is 43.3. The van der Waals surface area contributed by atoms with Crippen LogP contribution in [0.4, 0.5) is 13.2 Å². The number of nitrogens with zero attached hydrogens (tertiary/aromatic N) is 1. The van der Waals surface area contributed by atoms with Gasteiger partial charge in [0.2, 0.25) is 0 Å². The van der Waals surface area contributed by atoms with E-state index in [0.717, 1.165) is 25.7 Å². The molecule has 2 aliphatic heterocycles. The van der Waals surface area contributed by atoms with Crippen LogP contribution in [0.1, 0.15) is 17.4 Å². The van der Waals surface area contributed by atoms with Gasteiger partial charge in [-0.25, -0.2) is 0 Å². The summed E-state index contributed by atoms with van der Waals surface area (Å²) in [6, 6.07) is 2.38. The van der Waals surface area contributed by atoms with Crippen molar-refractivity contribution in [3.8, 4) is 0 Å². The van der Waals surface area contributed by atoms with Gasteiger partial charge in [-0.3, -0.25) is 9.69 Å². The zero-order valence-corrected chi connectivity index (χ0v) is 11.2. The second kappa shape index (κ2) is 5.43. The minimum absolute atomic E-state index is 0.250. The Bertz CT molecular complexity index is 573. The van der Waals surface area contributed by atoms with Crippen molar-refractivity contribution < 1.29 is 17.9 Å². The van der Waals surface area contributed by atoms with Gasteiger partial charge in [0.25, 0.3) is 5.56 Å². The summed E-state index contributed by atoms with van der Waals surface area (Å²) in [5.41, 5.74) is -1.52. The van der Waals surface area contributed by atoms with Crippen molar-refractivity contribution in [3.63, 3.8) is 0 Å². The molecule has 0 aromatic carbocycles. The second-order valence-corrected chi connectivity index (χ2v) is 5.33. The maximum absolute atomic E-state index is 12.5. The second-order valence-electron chi connectivity index (χ2n) is 5.33. The van der Waals surface area contributed by atoms with Crippen LogP contribution in [-0.2, 0) is 10.9 Å². The average Bonchev–Trinajstić information content (AvgIpc) is 2.45. The van der Waals surface area contributed by atoms with Crippen molar-refractivity contribution in [2.75, 3.05) is 32.8 Å². The number of piperazine rings is 1. The highest BCUT2D eigenvalue weighted by molar-refractivity contribution is 5.19. The lowest BCUT2D eigenvalue weighted by Gasteiger charge is -2.42. The fourth-order valence-electron chi connectivity index (χ4n) is 2.79. The number of rotatable bonds is 1. The number of nitrogens with one attached hydrogen (secondary N) is 2. The Morgan fingerprint density at radius 1 is 1.33 bits per heavy atom. The van der Waals surface area contributed by atoms with E-state index in [0.29, 0.717) is 13.2 Å². The van der Waals surface area contributed by atoms with Gasteiger partial charge in [-0.1, -0.05) is 0 Å². The predicted octanol–water partition coefficient (Wildman–Crippen LogP) is 0.739. The van der Waals surface area contributed by atoms with Crippen LogP contribution in [0.2, 0.25) is 0 Å².